The van der Waals surface area contributed by atoms with E-state index in [0.29, 0.717) is 47.6 Å². The average Bonchev–Trinajstić information content (AvgIpc) is 3.25. The molecule has 2 aliphatic carbocycles. The monoisotopic (exact) mass is 856 g/mol. The van der Waals surface area contributed by atoms with E-state index in [1.807, 2.05) is 32.9 Å². The first-order chi connectivity index (χ1) is 29.9. The molecule has 1 saturated carbocycles. The molecule has 0 aromatic heterocycles. The lowest BCUT2D eigenvalue weighted by molar-refractivity contribution is -0.256. The average molecular weight is 857 g/mol. The number of halogens is 2. The smallest absolute Gasteiger partial charge is 0.410 e. The number of aliphatic hydroxyl groups is 2. The molecule has 6 atom stereocenters. The summed E-state index contributed by atoms with van der Waals surface area (Å²) in [7, 11) is 0. The number of amides is 1. The predicted octanol–water partition coefficient (Wildman–Crippen LogP) is 10.2. The van der Waals surface area contributed by atoms with Gasteiger partial charge < -0.3 is 34.0 Å². The van der Waals surface area contributed by atoms with Gasteiger partial charge in [-0.05, 0) is 112 Å². The van der Waals surface area contributed by atoms with Gasteiger partial charge in [0.15, 0.2) is 0 Å². The molecule has 1 aliphatic heterocycles. The maximum atomic E-state index is 14.8. The predicted molar refractivity (Wildman–Crippen MR) is 235 cm³/mol. The van der Waals surface area contributed by atoms with Gasteiger partial charge in [0.25, 0.3) is 0 Å². The van der Waals surface area contributed by atoms with Gasteiger partial charge in [0, 0.05) is 43.2 Å². The number of aliphatic hydroxyl groups excluding tert-OH is 2. The summed E-state index contributed by atoms with van der Waals surface area (Å²) in [6.45, 7) is 13.9. The molecule has 3 aromatic carbocycles. The zero-order valence-electron chi connectivity index (χ0n) is 36.3. The van der Waals surface area contributed by atoms with Crippen molar-refractivity contribution >= 4 is 11.8 Å². The van der Waals surface area contributed by atoms with Gasteiger partial charge in [-0.25, -0.2) is 13.6 Å². The van der Waals surface area contributed by atoms with Gasteiger partial charge in [-0.1, -0.05) is 66.6 Å². The third-order valence-electron chi connectivity index (χ3n) is 11.9. The van der Waals surface area contributed by atoms with Crippen LogP contribution in [0.3, 0.4) is 0 Å². The molecule has 0 bridgehead atoms. The van der Waals surface area contributed by atoms with Crippen LogP contribution >= 0.6 is 0 Å². The van der Waals surface area contributed by atoms with Crippen molar-refractivity contribution in [1.82, 2.24) is 4.90 Å². The summed E-state index contributed by atoms with van der Waals surface area (Å²) in [6, 6.07) is 17.2. The van der Waals surface area contributed by atoms with E-state index in [1.54, 1.807) is 53.5 Å². The van der Waals surface area contributed by atoms with Crippen LogP contribution in [-0.2, 0) is 27.5 Å². The Balaban J connectivity index is 1.60. The summed E-state index contributed by atoms with van der Waals surface area (Å²) >= 11 is 0. The molecule has 6 rings (SSSR count). The summed E-state index contributed by atoms with van der Waals surface area (Å²) < 4.78 is 55.6. The van der Waals surface area contributed by atoms with E-state index < -0.39 is 35.3 Å². The summed E-state index contributed by atoms with van der Waals surface area (Å²) in [5, 5.41) is 24.7. The lowest BCUT2D eigenvalue weighted by Gasteiger charge is -2.60. The van der Waals surface area contributed by atoms with Gasteiger partial charge in [-0.2, -0.15) is 0 Å². The van der Waals surface area contributed by atoms with E-state index in [9.17, 15) is 23.8 Å². The van der Waals surface area contributed by atoms with Crippen LogP contribution in [0.5, 0.6) is 11.5 Å². The Morgan fingerprint density at radius 2 is 1.73 bits per heavy atom. The molecule has 0 radical (unpaired) electrons. The highest BCUT2D eigenvalue weighted by atomic mass is 19.1. The van der Waals surface area contributed by atoms with Crippen LogP contribution in [0.15, 0.2) is 109 Å². The maximum Gasteiger partial charge on any atom is 0.410 e. The van der Waals surface area contributed by atoms with Crippen LogP contribution in [0.4, 0.5) is 13.6 Å². The molecule has 3 aromatic rings. The van der Waals surface area contributed by atoms with E-state index in [1.165, 1.54) is 18.2 Å². The molecule has 1 heterocycles. The van der Waals surface area contributed by atoms with Crippen LogP contribution in [0.2, 0.25) is 0 Å². The van der Waals surface area contributed by atoms with E-state index >= 15 is 0 Å². The summed E-state index contributed by atoms with van der Waals surface area (Å²) in [5.74, 6) is -2.16. The number of benzene rings is 3. The first-order valence-corrected chi connectivity index (χ1v) is 21.8. The zero-order chi connectivity index (χ0) is 44.3. The number of unbranched alkanes of at least 4 members (excludes halogenated alkanes) is 2. The number of oxime groups is 1. The molecule has 1 amide bonds. The number of nitrogens with zero attached hydrogens (tertiary/aromatic N) is 2. The zero-order valence-corrected chi connectivity index (χ0v) is 36.3. The van der Waals surface area contributed by atoms with Crippen molar-refractivity contribution in [3.63, 3.8) is 0 Å². The molecule has 2 N–H and O–H groups in total. The molecule has 3 aliphatic rings. The third kappa shape index (κ3) is 10.9. The highest BCUT2D eigenvalue weighted by Crippen LogP contribution is 2.62. The molecule has 62 heavy (non-hydrogen) atoms. The number of hydrogen-bond acceptors (Lipinski definition) is 9. The number of carbonyl (C=O) groups excluding carboxylic acids is 1. The molecule has 0 saturated heterocycles. The largest absolute Gasteiger partial charge is 0.489 e. The fourth-order valence-corrected chi connectivity index (χ4v) is 9.11. The fraction of sp³-hybridized carbons (Fsp3) is 0.480. The van der Waals surface area contributed by atoms with E-state index in [4.69, 9.17) is 28.9 Å². The van der Waals surface area contributed by atoms with E-state index in [2.05, 4.69) is 19.2 Å². The van der Waals surface area contributed by atoms with Gasteiger partial charge >= 0.3 is 6.09 Å². The normalized spacial score (nSPS) is 23.3. The number of rotatable bonds is 21. The molecule has 10 nitrogen and oxygen atoms in total. The lowest BCUT2D eigenvalue weighted by Crippen LogP contribution is -2.70. The number of hydrogen-bond donors (Lipinski definition) is 2. The molecule has 334 valence electrons. The Morgan fingerprint density at radius 1 is 0.984 bits per heavy atom. The highest BCUT2D eigenvalue weighted by molar-refractivity contribution is 6.03. The number of fused-ring (bicyclic) bond motifs is 2. The second kappa shape index (κ2) is 21.4. The minimum Gasteiger partial charge on any atom is -0.489 e. The minimum absolute atomic E-state index is 0.0109. The van der Waals surface area contributed by atoms with Crippen molar-refractivity contribution in [3.05, 3.63) is 132 Å². The van der Waals surface area contributed by atoms with E-state index in [0.717, 1.165) is 36.8 Å². The van der Waals surface area contributed by atoms with Crippen molar-refractivity contribution in [2.24, 2.45) is 22.9 Å². The SMILES string of the molecule is C=CCCOC(=O)N(Cc1ccc(F)cc1)[C@H]1CC(=NOC(C)(C)C)C2=C[C@H](CCCCO)[C@@H](CCCCO)[C@@H]3c4cc(OCc5ccccc5F)ccc4O[C@@]1(OCC=C)[C@H]23. The Labute approximate surface area is 364 Å². The quantitative estimate of drug-likeness (QED) is 0.0618. The van der Waals surface area contributed by atoms with Crippen molar-refractivity contribution in [2.45, 2.75) is 109 Å². The van der Waals surface area contributed by atoms with Crippen molar-refractivity contribution in [2.75, 3.05) is 26.4 Å². The van der Waals surface area contributed by atoms with Crippen LogP contribution < -0.4 is 9.47 Å². The van der Waals surface area contributed by atoms with Crippen molar-refractivity contribution in [3.8, 4) is 11.5 Å². The van der Waals surface area contributed by atoms with Gasteiger partial charge in [0.1, 0.15) is 41.4 Å². The Hall–Kier alpha value is -5.04. The van der Waals surface area contributed by atoms with Crippen LogP contribution in [-0.4, -0.2) is 70.8 Å². The first kappa shape index (κ1) is 46.5. The number of allylic oxidation sites excluding steroid dienone is 1. The second-order valence-electron chi connectivity index (χ2n) is 17.3. The molecule has 0 unspecified atom stereocenters. The fourth-order valence-electron chi connectivity index (χ4n) is 9.11. The molecule has 12 heteroatoms. The summed E-state index contributed by atoms with van der Waals surface area (Å²) in [5.41, 5.74) is 2.79. The van der Waals surface area contributed by atoms with Crippen LogP contribution in [0.25, 0.3) is 0 Å². The highest BCUT2D eigenvalue weighted by Gasteiger charge is 2.65. The van der Waals surface area contributed by atoms with Gasteiger partial charge in [-0.3, -0.25) is 4.90 Å². The summed E-state index contributed by atoms with van der Waals surface area (Å²) in [6.07, 6.45) is 9.86. The minimum atomic E-state index is -1.54. The summed E-state index contributed by atoms with van der Waals surface area (Å²) in [4.78, 5) is 22.4. The Bertz CT molecular complexity index is 2050. The number of carbonyl (C=O) groups is 1. The number of ether oxygens (including phenoxy) is 4. The topological polar surface area (TPSA) is 119 Å². The molecule has 1 fully saturated rings. The van der Waals surface area contributed by atoms with Crippen LogP contribution in [0, 0.1) is 29.4 Å². The van der Waals surface area contributed by atoms with Crippen molar-refractivity contribution < 1.29 is 47.6 Å². The first-order valence-electron chi connectivity index (χ1n) is 21.8. The van der Waals surface area contributed by atoms with E-state index in [-0.39, 0.29) is 69.6 Å². The van der Waals surface area contributed by atoms with Crippen LogP contribution in [0.1, 0.15) is 94.7 Å². The Morgan fingerprint density at radius 3 is 2.42 bits per heavy atom. The molecular formula is C50H62F2N2O8. The Kier molecular flexibility index (Phi) is 16.0. The van der Waals surface area contributed by atoms with Crippen molar-refractivity contribution in [1.29, 1.82) is 0 Å². The lowest BCUT2D eigenvalue weighted by atomic mass is 9.55. The molecular weight excluding hydrogens is 795 g/mol. The maximum absolute atomic E-state index is 14.8. The van der Waals surface area contributed by atoms with Gasteiger partial charge in [0.2, 0.25) is 5.79 Å². The second-order valence-corrected chi connectivity index (χ2v) is 17.3. The van der Waals surface area contributed by atoms with Gasteiger partial charge in [-0.15, -0.1) is 13.2 Å². The molecule has 0 spiro atoms. The third-order valence-corrected chi connectivity index (χ3v) is 11.9. The van der Waals surface area contributed by atoms with Gasteiger partial charge in [0.05, 0.1) is 24.8 Å². The standard InChI is InChI=1S/C50H62F2N2O8/c1-6-8-28-58-48(57)54(32-34-19-21-37(51)22-20-34)45-31-43(53-62-49(3,4)5)40-29-35(15-11-13-25-55)39(17-12-14-26-56)46-41-30-38(59-33-36-16-9-10-18-42(36)52)23-24-44(41)61-50(45,47(40)46)60-27-7-2/h6-7,9-10,16,18-24,29-30,35,39,45-47,55-56H,1-2,8,11-15,17,25-28,31-33H2,3-5H3/t35-,39+,45-,46+,47+,50+/m0/s1.